The molecule has 3 aromatic rings. The number of urea groups is 1. The molecule has 0 atom stereocenters. The molecule has 10 heteroatoms. The van der Waals surface area contributed by atoms with Gasteiger partial charge in [-0.15, -0.1) is 11.3 Å². The number of rotatable bonds is 6. The number of methoxy groups -OCH3 is 1. The minimum absolute atomic E-state index is 0.0341. The first kappa shape index (κ1) is 22.9. The lowest BCUT2D eigenvalue weighted by atomic mass is 10.2. The number of hydrogen-bond acceptors (Lipinski definition) is 6. The van der Waals surface area contributed by atoms with Gasteiger partial charge in [-0.3, -0.25) is 10.1 Å². The SMILES string of the molecule is COc1ccc(N2CCN(C(=O)Cc3csc(NC(=O)Nc4ccc(Cl)cc4)n3)CC2)cc1. The molecule has 1 aliphatic heterocycles. The predicted molar refractivity (Wildman–Crippen MR) is 132 cm³/mol. The molecule has 2 heterocycles. The zero-order valence-corrected chi connectivity index (χ0v) is 19.7. The van der Waals surface area contributed by atoms with Crippen molar-refractivity contribution >= 4 is 51.4 Å². The Morgan fingerprint density at radius 3 is 2.39 bits per heavy atom. The second-order valence-electron chi connectivity index (χ2n) is 7.47. The molecular weight excluding hydrogens is 462 g/mol. The van der Waals surface area contributed by atoms with E-state index in [0.29, 0.717) is 34.6 Å². The molecule has 1 aromatic heterocycles. The summed E-state index contributed by atoms with van der Waals surface area (Å²) in [7, 11) is 1.65. The van der Waals surface area contributed by atoms with Crippen molar-refractivity contribution in [3.05, 3.63) is 64.6 Å². The second kappa shape index (κ2) is 10.5. The number of hydrogen-bond donors (Lipinski definition) is 2. The van der Waals surface area contributed by atoms with Crippen LogP contribution in [0.15, 0.2) is 53.9 Å². The number of anilines is 3. The summed E-state index contributed by atoms with van der Waals surface area (Å²) in [5, 5.41) is 8.24. The smallest absolute Gasteiger partial charge is 0.325 e. The second-order valence-corrected chi connectivity index (χ2v) is 8.77. The fraction of sp³-hybridized carbons (Fsp3) is 0.261. The molecule has 2 aromatic carbocycles. The van der Waals surface area contributed by atoms with E-state index in [4.69, 9.17) is 16.3 Å². The van der Waals surface area contributed by atoms with E-state index in [1.807, 2.05) is 29.2 Å². The first-order valence-corrected chi connectivity index (χ1v) is 11.7. The molecule has 1 saturated heterocycles. The summed E-state index contributed by atoms with van der Waals surface area (Å²) in [5.74, 6) is 0.860. The van der Waals surface area contributed by atoms with E-state index < -0.39 is 6.03 Å². The normalized spacial score (nSPS) is 13.5. The van der Waals surface area contributed by atoms with Crippen LogP contribution in [0, 0.1) is 0 Å². The zero-order chi connectivity index (χ0) is 23.2. The van der Waals surface area contributed by atoms with Crippen LogP contribution in [0.2, 0.25) is 5.02 Å². The number of amides is 3. The summed E-state index contributed by atoms with van der Waals surface area (Å²) in [6.45, 7) is 2.85. The fourth-order valence-corrected chi connectivity index (χ4v) is 4.34. The maximum absolute atomic E-state index is 12.7. The maximum Gasteiger partial charge on any atom is 0.325 e. The molecular formula is C23H24ClN5O3S. The Morgan fingerprint density at radius 1 is 1.03 bits per heavy atom. The Labute approximate surface area is 201 Å². The van der Waals surface area contributed by atoms with Crippen molar-refractivity contribution in [1.82, 2.24) is 9.88 Å². The van der Waals surface area contributed by atoms with Crippen molar-refractivity contribution in [3.8, 4) is 5.75 Å². The molecule has 33 heavy (non-hydrogen) atoms. The molecule has 1 aliphatic rings. The lowest BCUT2D eigenvalue weighted by Gasteiger charge is -2.36. The number of nitrogens with zero attached hydrogens (tertiary/aromatic N) is 3. The van der Waals surface area contributed by atoms with Gasteiger partial charge in [0.1, 0.15) is 5.75 Å². The van der Waals surface area contributed by atoms with E-state index >= 15 is 0 Å². The van der Waals surface area contributed by atoms with Crippen LogP contribution in [0.5, 0.6) is 5.75 Å². The molecule has 0 unspecified atom stereocenters. The minimum atomic E-state index is -0.404. The lowest BCUT2D eigenvalue weighted by Crippen LogP contribution is -2.49. The Bertz CT molecular complexity index is 1100. The van der Waals surface area contributed by atoms with Gasteiger partial charge in [-0.1, -0.05) is 11.6 Å². The van der Waals surface area contributed by atoms with E-state index in [2.05, 4.69) is 20.5 Å². The Balaban J connectivity index is 1.24. The van der Waals surface area contributed by atoms with Crippen molar-refractivity contribution in [2.24, 2.45) is 0 Å². The highest BCUT2D eigenvalue weighted by Gasteiger charge is 2.22. The minimum Gasteiger partial charge on any atom is -0.497 e. The third kappa shape index (κ3) is 6.15. The summed E-state index contributed by atoms with van der Waals surface area (Å²) >= 11 is 7.14. The van der Waals surface area contributed by atoms with Gasteiger partial charge in [0.2, 0.25) is 5.91 Å². The van der Waals surface area contributed by atoms with Crippen LogP contribution in [0.3, 0.4) is 0 Å². The number of benzene rings is 2. The first-order chi connectivity index (χ1) is 16.0. The molecule has 0 radical (unpaired) electrons. The molecule has 172 valence electrons. The maximum atomic E-state index is 12.7. The van der Waals surface area contributed by atoms with Crippen LogP contribution in [0.25, 0.3) is 0 Å². The summed E-state index contributed by atoms with van der Waals surface area (Å²) in [5.41, 5.74) is 2.39. The van der Waals surface area contributed by atoms with Crippen molar-refractivity contribution in [2.75, 3.05) is 48.8 Å². The lowest BCUT2D eigenvalue weighted by molar-refractivity contribution is -0.130. The van der Waals surface area contributed by atoms with E-state index in [1.54, 1.807) is 36.8 Å². The molecule has 0 spiro atoms. The number of nitrogens with one attached hydrogen (secondary N) is 2. The standard InChI is InChI=1S/C23H24ClN5O3S/c1-32-20-8-6-19(7-9-20)28-10-12-29(13-11-28)21(30)14-18-15-33-23(26-18)27-22(31)25-17-4-2-16(24)3-5-17/h2-9,15H,10-14H2,1H3,(H2,25,26,27,31). The number of ether oxygens (including phenoxy) is 1. The van der Waals surface area contributed by atoms with Gasteiger partial charge in [0, 0.05) is 48.0 Å². The van der Waals surface area contributed by atoms with E-state index in [1.165, 1.54) is 11.3 Å². The molecule has 0 saturated carbocycles. The van der Waals surface area contributed by atoms with Gasteiger partial charge in [0.05, 0.1) is 19.2 Å². The van der Waals surface area contributed by atoms with Crippen LogP contribution in [0.4, 0.5) is 21.3 Å². The van der Waals surface area contributed by atoms with Gasteiger partial charge in [-0.05, 0) is 48.5 Å². The average molecular weight is 486 g/mol. The number of carbonyl (C=O) groups excluding carboxylic acids is 2. The van der Waals surface area contributed by atoms with Crippen LogP contribution >= 0.6 is 22.9 Å². The van der Waals surface area contributed by atoms with Gasteiger partial charge in [-0.25, -0.2) is 9.78 Å². The third-order valence-corrected chi connectivity index (χ3v) is 6.34. The quantitative estimate of drug-likeness (QED) is 0.542. The Hall–Kier alpha value is -3.30. The number of piperazine rings is 1. The van der Waals surface area contributed by atoms with Crippen LogP contribution < -0.4 is 20.3 Å². The van der Waals surface area contributed by atoms with Crippen molar-refractivity contribution in [1.29, 1.82) is 0 Å². The van der Waals surface area contributed by atoms with Gasteiger partial charge in [-0.2, -0.15) is 0 Å². The average Bonchev–Trinajstić information content (AvgIpc) is 3.27. The van der Waals surface area contributed by atoms with Crippen LogP contribution in [-0.2, 0) is 11.2 Å². The Morgan fingerprint density at radius 2 is 1.73 bits per heavy atom. The van der Waals surface area contributed by atoms with Gasteiger partial charge in [0.15, 0.2) is 5.13 Å². The van der Waals surface area contributed by atoms with Gasteiger partial charge < -0.3 is 19.9 Å². The Kier molecular flexibility index (Phi) is 7.31. The summed E-state index contributed by atoms with van der Waals surface area (Å²) in [6, 6.07) is 14.4. The summed E-state index contributed by atoms with van der Waals surface area (Å²) < 4.78 is 5.21. The predicted octanol–water partition coefficient (Wildman–Crippen LogP) is 4.34. The summed E-state index contributed by atoms with van der Waals surface area (Å²) in [4.78, 5) is 33.4. The van der Waals surface area contributed by atoms with E-state index in [-0.39, 0.29) is 12.3 Å². The zero-order valence-electron chi connectivity index (χ0n) is 18.1. The number of carbonyl (C=O) groups is 2. The largest absolute Gasteiger partial charge is 0.497 e. The monoisotopic (exact) mass is 485 g/mol. The van der Waals surface area contributed by atoms with Crippen LogP contribution in [-0.4, -0.2) is 55.1 Å². The number of thiazole rings is 1. The molecule has 0 aliphatic carbocycles. The molecule has 2 N–H and O–H groups in total. The van der Waals surface area contributed by atoms with E-state index in [0.717, 1.165) is 24.5 Å². The van der Waals surface area contributed by atoms with Crippen molar-refractivity contribution < 1.29 is 14.3 Å². The third-order valence-electron chi connectivity index (χ3n) is 5.28. The van der Waals surface area contributed by atoms with Gasteiger partial charge in [0.25, 0.3) is 0 Å². The highest BCUT2D eigenvalue weighted by Crippen LogP contribution is 2.22. The molecule has 1 fully saturated rings. The molecule has 8 nitrogen and oxygen atoms in total. The van der Waals surface area contributed by atoms with Gasteiger partial charge >= 0.3 is 6.03 Å². The molecule has 0 bridgehead atoms. The van der Waals surface area contributed by atoms with Crippen LogP contribution in [0.1, 0.15) is 5.69 Å². The fourth-order valence-electron chi connectivity index (χ4n) is 3.51. The summed E-state index contributed by atoms with van der Waals surface area (Å²) in [6.07, 6.45) is 0.208. The molecule has 4 rings (SSSR count). The highest BCUT2D eigenvalue weighted by molar-refractivity contribution is 7.14. The first-order valence-electron chi connectivity index (χ1n) is 10.4. The highest BCUT2D eigenvalue weighted by atomic mass is 35.5. The van der Waals surface area contributed by atoms with Crippen molar-refractivity contribution in [2.45, 2.75) is 6.42 Å². The number of halogens is 1. The number of aromatic nitrogens is 1. The molecule has 3 amide bonds. The topological polar surface area (TPSA) is 86.8 Å². The van der Waals surface area contributed by atoms with Crippen molar-refractivity contribution in [3.63, 3.8) is 0 Å². The van der Waals surface area contributed by atoms with E-state index in [9.17, 15) is 9.59 Å².